The van der Waals surface area contributed by atoms with Crippen molar-refractivity contribution in [3.8, 4) is 0 Å². The first-order valence-electron chi connectivity index (χ1n) is 4.37. The first-order valence-corrected chi connectivity index (χ1v) is 4.37. The molecule has 1 heterocycles. The summed E-state index contributed by atoms with van der Waals surface area (Å²) in [5.74, 6) is -0.459. The maximum Gasteiger partial charge on any atom is 0.433 e. The van der Waals surface area contributed by atoms with Crippen LogP contribution in [-0.2, 0) is 17.5 Å². The number of carbonyl (C=O) groups is 1. The predicted molar refractivity (Wildman–Crippen MR) is 51.3 cm³/mol. The monoisotopic (exact) mass is 230 g/mol. The summed E-state index contributed by atoms with van der Waals surface area (Å²) < 4.78 is 36.8. The van der Waals surface area contributed by atoms with Gasteiger partial charge < -0.3 is 5.32 Å². The third-order valence-corrected chi connectivity index (χ3v) is 1.73. The Morgan fingerprint density at radius 2 is 2.19 bits per heavy atom. The van der Waals surface area contributed by atoms with E-state index in [-0.39, 0.29) is 12.2 Å². The van der Waals surface area contributed by atoms with Crippen LogP contribution in [0.1, 0.15) is 11.4 Å². The van der Waals surface area contributed by atoms with Crippen LogP contribution in [0.15, 0.2) is 30.9 Å². The van der Waals surface area contributed by atoms with Crippen molar-refractivity contribution in [2.45, 2.75) is 12.7 Å². The normalized spacial score (nSPS) is 10.9. The number of nitrogens with zero attached hydrogens (tertiary/aromatic N) is 1. The van der Waals surface area contributed by atoms with Crippen molar-refractivity contribution in [3.63, 3.8) is 0 Å². The maximum absolute atomic E-state index is 12.3. The number of nitrogens with one attached hydrogen (secondary N) is 1. The number of alkyl halides is 3. The number of amides is 1. The summed E-state index contributed by atoms with van der Waals surface area (Å²) >= 11 is 0. The molecule has 1 N–H and O–H groups in total. The van der Waals surface area contributed by atoms with Crippen molar-refractivity contribution in [2.24, 2.45) is 0 Å². The first-order chi connectivity index (χ1) is 7.43. The van der Waals surface area contributed by atoms with Gasteiger partial charge in [-0.25, -0.2) is 4.98 Å². The summed E-state index contributed by atoms with van der Waals surface area (Å²) in [4.78, 5) is 14.2. The van der Waals surface area contributed by atoms with Crippen LogP contribution in [-0.4, -0.2) is 10.9 Å². The van der Waals surface area contributed by atoms with E-state index in [1.807, 2.05) is 0 Å². The van der Waals surface area contributed by atoms with Gasteiger partial charge in [0.1, 0.15) is 5.69 Å². The van der Waals surface area contributed by atoms with Crippen LogP contribution in [0.4, 0.5) is 13.2 Å². The van der Waals surface area contributed by atoms with Crippen molar-refractivity contribution in [3.05, 3.63) is 42.2 Å². The van der Waals surface area contributed by atoms with Crippen molar-refractivity contribution in [2.75, 3.05) is 0 Å². The molecule has 0 atom stereocenters. The molecular formula is C10H9F3N2O. The number of halogens is 3. The third-order valence-electron chi connectivity index (χ3n) is 1.73. The highest BCUT2D eigenvalue weighted by molar-refractivity contribution is 5.86. The molecule has 6 heteroatoms. The SMILES string of the molecule is C=CC(=O)NCc1cccc(C(F)(F)F)n1. The fraction of sp³-hybridized carbons (Fsp3) is 0.200. The minimum absolute atomic E-state index is 0.0607. The summed E-state index contributed by atoms with van der Waals surface area (Å²) in [7, 11) is 0. The second kappa shape index (κ2) is 4.78. The molecule has 0 aromatic carbocycles. The molecule has 1 aromatic heterocycles. The Kier molecular flexibility index (Phi) is 3.65. The van der Waals surface area contributed by atoms with Gasteiger partial charge in [0.2, 0.25) is 5.91 Å². The number of hydrogen-bond donors (Lipinski definition) is 1. The summed E-state index contributed by atoms with van der Waals surface area (Å²) in [6.07, 6.45) is -3.44. The third kappa shape index (κ3) is 3.38. The molecule has 0 aliphatic heterocycles. The number of pyridine rings is 1. The highest BCUT2D eigenvalue weighted by Gasteiger charge is 2.32. The fourth-order valence-electron chi connectivity index (χ4n) is 0.986. The van der Waals surface area contributed by atoms with Crippen LogP contribution >= 0.6 is 0 Å². The van der Waals surface area contributed by atoms with Gasteiger partial charge in [-0.15, -0.1) is 0 Å². The van der Waals surface area contributed by atoms with Crippen LogP contribution in [0.25, 0.3) is 0 Å². The lowest BCUT2D eigenvalue weighted by molar-refractivity contribution is -0.141. The fourth-order valence-corrected chi connectivity index (χ4v) is 0.986. The van der Waals surface area contributed by atoms with E-state index in [0.717, 1.165) is 12.1 Å². The van der Waals surface area contributed by atoms with Gasteiger partial charge in [-0.05, 0) is 18.2 Å². The molecule has 1 rings (SSSR count). The summed E-state index contributed by atoms with van der Waals surface area (Å²) in [5, 5.41) is 2.34. The summed E-state index contributed by atoms with van der Waals surface area (Å²) in [5.41, 5.74) is -0.831. The molecule has 0 unspecified atom stereocenters. The predicted octanol–water partition coefficient (Wildman–Crippen LogP) is 1.90. The molecule has 1 aromatic rings. The van der Waals surface area contributed by atoms with Gasteiger partial charge >= 0.3 is 6.18 Å². The molecule has 1 amide bonds. The molecule has 0 fully saturated rings. The van der Waals surface area contributed by atoms with Crippen molar-refractivity contribution in [1.82, 2.24) is 10.3 Å². The van der Waals surface area contributed by atoms with Gasteiger partial charge in [0.15, 0.2) is 0 Å². The largest absolute Gasteiger partial charge is 0.433 e. The van der Waals surface area contributed by atoms with E-state index in [9.17, 15) is 18.0 Å². The summed E-state index contributed by atoms with van der Waals surface area (Å²) in [6, 6.07) is 3.52. The Morgan fingerprint density at radius 3 is 2.75 bits per heavy atom. The average molecular weight is 230 g/mol. The lowest BCUT2D eigenvalue weighted by atomic mass is 10.3. The Balaban J connectivity index is 2.75. The van der Waals surface area contributed by atoms with Crippen LogP contribution in [0, 0.1) is 0 Å². The maximum atomic E-state index is 12.3. The molecule has 0 bridgehead atoms. The quantitative estimate of drug-likeness (QED) is 0.806. The second-order valence-electron chi connectivity index (χ2n) is 2.93. The van der Waals surface area contributed by atoms with Crippen LogP contribution in [0.2, 0.25) is 0 Å². The minimum atomic E-state index is -4.47. The van der Waals surface area contributed by atoms with E-state index in [1.165, 1.54) is 12.1 Å². The molecule has 0 saturated carbocycles. The molecule has 16 heavy (non-hydrogen) atoms. The smallest absolute Gasteiger partial charge is 0.347 e. The Morgan fingerprint density at radius 1 is 1.50 bits per heavy atom. The number of carbonyl (C=O) groups excluding carboxylic acids is 1. The highest BCUT2D eigenvalue weighted by Crippen LogP contribution is 2.27. The molecule has 0 aliphatic carbocycles. The van der Waals surface area contributed by atoms with Gasteiger partial charge in [-0.1, -0.05) is 12.6 Å². The standard InChI is InChI=1S/C10H9F3N2O/c1-2-9(16)14-6-7-4-3-5-8(15-7)10(11,12)13/h2-5H,1,6H2,(H,14,16). The van der Waals surface area contributed by atoms with Crippen LogP contribution in [0.3, 0.4) is 0 Å². The molecule has 0 radical (unpaired) electrons. The average Bonchev–Trinajstić information content (AvgIpc) is 2.25. The van der Waals surface area contributed by atoms with Crippen molar-refractivity contribution in [1.29, 1.82) is 0 Å². The Bertz CT molecular complexity index is 401. The first kappa shape index (κ1) is 12.2. The van der Waals surface area contributed by atoms with Crippen LogP contribution in [0.5, 0.6) is 0 Å². The molecule has 0 spiro atoms. The molecule has 3 nitrogen and oxygen atoms in total. The molecule has 0 aliphatic rings. The van der Waals surface area contributed by atoms with Crippen LogP contribution < -0.4 is 5.32 Å². The van der Waals surface area contributed by atoms with Crippen molar-refractivity contribution < 1.29 is 18.0 Å². The summed E-state index contributed by atoms with van der Waals surface area (Å²) in [6.45, 7) is 3.16. The minimum Gasteiger partial charge on any atom is -0.347 e. The van der Waals surface area contributed by atoms with Crippen molar-refractivity contribution >= 4 is 5.91 Å². The zero-order valence-electron chi connectivity index (χ0n) is 8.21. The van der Waals surface area contributed by atoms with E-state index < -0.39 is 17.8 Å². The Hall–Kier alpha value is -1.85. The second-order valence-corrected chi connectivity index (χ2v) is 2.93. The zero-order valence-corrected chi connectivity index (χ0v) is 8.21. The molecule has 0 saturated heterocycles. The lowest BCUT2D eigenvalue weighted by Gasteiger charge is -2.07. The lowest BCUT2D eigenvalue weighted by Crippen LogP contribution is -2.21. The van der Waals surface area contributed by atoms with E-state index in [0.29, 0.717) is 0 Å². The molecular weight excluding hydrogens is 221 g/mol. The molecule has 86 valence electrons. The Labute approximate surface area is 90.0 Å². The van der Waals surface area contributed by atoms with Gasteiger partial charge in [-0.3, -0.25) is 4.79 Å². The number of hydrogen-bond acceptors (Lipinski definition) is 2. The zero-order chi connectivity index (χ0) is 12.2. The van der Waals surface area contributed by atoms with E-state index in [4.69, 9.17) is 0 Å². The number of aromatic nitrogens is 1. The van der Waals surface area contributed by atoms with Gasteiger partial charge in [0, 0.05) is 0 Å². The highest BCUT2D eigenvalue weighted by atomic mass is 19.4. The van der Waals surface area contributed by atoms with Gasteiger partial charge in [0.05, 0.1) is 12.2 Å². The van der Waals surface area contributed by atoms with E-state index in [1.54, 1.807) is 0 Å². The number of rotatable bonds is 3. The van der Waals surface area contributed by atoms with E-state index in [2.05, 4.69) is 16.9 Å². The van der Waals surface area contributed by atoms with Gasteiger partial charge in [-0.2, -0.15) is 13.2 Å². The van der Waals surface area contributed by atoms with Gasteiger partial charge in [0.25, 0.3) is 0 Å². The topological polar surface area (TPSA) is 42.0 Å². The van der Waals surface area contributed by atoms with E-state index >= 15 is 0 Å².